The molecule has 2 aliphatic heterocycles. The van der Waals surface area contributed by atoms with Crippen molar-refractivity contribution in [2.45, 2.75) is 51.9 Å². The number of aromatic amines is 1. The summed E-state index contributed by atoms with van der Waals surface area (Å²) in [5.41, 5.74) is 7.39. The van der Waals surface area contributed by atoms with Crippen molar-refractivity contribution in [1.82, 2.24) is 49.9 Å². The van der Waals surface area contributed by atoms with Crippen LogP contribution in [0.4, 0.5) is 5.95 Å². The van der Waals surface area contributed by atoms with Crippen LogP contribution >= 0.6 is 0 Å². The number of nitrogens with one attached hydrogen (secondary N) is 2. The predicted molar refractivity (Wildman–Crippen MR) is 157 cm³/mol. The number of carbonyl (C=O) groups is 1. The Morgan fingerprint density at radius 2 is 1.69 bits per heavy atom. The molecule has 5 heterocycles. The van der Waals surface area contributed by atoms with Gasteiger partial charge in [0.1, 0.15) is 12.2 Å². The highest BCUT2D eigenvalue weighted by Gasteiger charge is 2.26. The standard InChI is InChI=1S/C30H37N11O/c1-2-38-9-11-39(12-10-38)18-27-25(17-41(36-27)20-29(42)40-8-7-26-28(19-40)35-37-34-26)23-15-31-30(32-16-23)33-24-13-21-5-3-4-6-22(21)14-24/h3-6,15-17,24H,2,7-14,18-20H2,1H3,(H,31,32,33)(H,34,35,37). The molecule has 1 amide bonds. The zero-order valence-corrected chi connectivity index (χ0v) is 24.0. The Labute approximate surface area is 245 Å². The highest BCUT2D eigenvalue weighted by molar-refractivity contribution is 5.76. The molecule has 12 heteroatoms. The predicted octanol–water partition coefficient (Wildman–Crippen LogP) is 1.76. The maximum atomic E-state index is 13.3. The molecule has 7 rings (SSSR count). The first-order chi connectivity index (χ1) is 20.6. The van der Waals surface area contributed by atoms with Crippen LogP contribution in [0.5, 0.6) is 0 Å². The van der Waals surface area contributed by atoms with E-state index in [9.17, 15) is 4.79 Å². The summed E-state index contributed by atoms with van der Waals surface area (Å²) < 4.78 is 1.77. The van der Waals surface area contributed by atoms with Crippen LogP contribution in [-0.4, -0.2) is 101 Å². The average Bonchev–Trinajstić information content (AvgIpc) is 3.75. The van der Waals surface area contributed by atoms with Gasteiger partial charge in [0.2, 0.25) is 11.9 Å². The average molecular weight is 568 g/mol. The van der Waals surface area contributed by atoms with E-state index in [0.29, 0.717) is 31.5 Å². The van der Waals surface area contributed by atoms with Crippen LogP contribution in [0.1, 0.15) is 35.1 Å². The summed E-state index contributed by atoms with van der Waals surface area (Å²) in [5.74, 6) is 0.655. The molecule has 218 valence electrons. The number of likely N-dealkylation sites (N-methyl/N-ethyl adjacent to an activating group) is 1. The Balaban J connectivity index is 1.07. The van der Waals surface area contributed by atoms with E-state index in [1.54, 1.807) is 4.68 Å². The van der Waals surface area contributed by atoms with Crippen LogP contribution in [0, 0.1) is 0 Å². The molecule has 12 nitrogen and oxygen atoms in total. The van der Waals surface area contributed by atoms with Crippen molar-refractivity contribution in [2.24, 2.45) is 0 Å². The number of amides is 1. The first-order valence-corrected chi connectivity index (χ1v) is 14.9. The molecule has 1 aromatic carbocycles. The molecule has 1 aliphatic carbocycles. The number of fused-ring (bicyclic) bond motifs is 2. The summed E-state index contributed by atoms with van der Waals surface area (Å²) in [7, 11) is 0. The molecule has 0 saturated carbocycles. The van der Waals surface area contributed by atoms with Gasteiger partial charge in [0.05, 0.1) is 17.9 Å². The molecule has 1 saturated heterocycles. The fourth-order valence-electron chi connectivity index (χ4n) is 6.31. The molecular weight excluding hydrogens is 530 g/mol. The summed E-state index contributed by atoms with van der Waals surface area (Å²) in [5, 5.41) is 19.5. The zero-order chi connectivity index (χ0) is 28.5. The monoisotopic (exact) mass is 567 g/mol. The quantitative estimate of drug-likeness (QED) is 0.328. The van der Waals surface area contributed by atoms with E-state index in [1.807, 2.05) is 23.5 Å². The lowest BCUT2D eigenvalue weighted by Crippen LogP contribution is -2.45. The zero-order valence-electron chi connectivity index (χ0n) is 24.0. The second-order valence-corrected chi connectivity index (χ2v) is 11.5. The Hall–Kier alpha value is -4.16. The minimum atomic E-state index is 0.0224. The Morgan fingerprint density at radius 1 is 0.976 bits per heavy atom. The number of rotatable bonds is 8. The van der Waals surface area contributed by atoms with E-state index in [2.05, 4.69) is 71.7 Å². The van der Waals surface area contributed by atoms with Crippen molar-refractivity contribution < 1.29 is 4.79 Å². The molecule has 0 radical (unpaired) electrons. The largest absolute Gasteiger partial charge is 0.351 e. The highest BCUT2D eigenvalue weighted by Crippen LogP contribution is 2.26. The van der Waals surface area contributed by atoms with Gasteiger partial charge in [-0.15, -0.1) is 0 Å². The van der Waals surface area contributed by atoms with Gasteiger partial charge in [-0.3, -0.25) is 14.4 Å². The van der Waals surface area contributed by atoms with Gasteiger partial charge < -0.3 is 15.1 Å². The third-order valence-corrected chi connectivity index (χ3v) is 8.78. The molecule has 3 aliphatic rings. The lowest BCUT2D eigenvalue weighted by Gasteiger charge is -2.33. The van der Waals surface area contributed by atoms with Crippen LogP contribution in [0.25, 0.3) is 11.1 Å². The van der Waals surface area contributed by atoms with E-state index < -0.39 is 0 Å². The van der Waals surface area contributed by atoms with Gasteiger partial charge in [0, 0.05) is 81.4 Å². The van der Waals surface area contributed by atoms with Crippen molar-refractivity contribution in [1.29, 1.82) is 0 Å². The van der Waals surface area contributed by atoms with Gasteiger partial charge >= 0.3 is 0 Å². The van der Waals surface area contributed by atoms with E-state index >= 15 is 0 Å². The van der Waals surface area contributed by atoms with E-state index in [0.717, 1.165) is 80.3 Å². The lowest BCUT2D eigenvalue weighted by molar-refractivity contribution is -0.133. The molecule has 1 fully saturated rings. The van der Waals surface area contributed by atoms with Crippen LogP contribution in [0.2, 0.25) is 0 Å². The molecule has 0 unspecified atom stereocenters. The number of piperazine rings is 1. The number of aromatic nitrogens is 7. The van der Waals surface area contributed by atoms with Crippen LogP contribution in [0.15, 0.2) is 42.9 Å². The van der Waals surface area contributed by atoms with E-state index in [4.69, 9.17) is 5.10 Å². The number of anilines is 1. The van der Waals surface area contributed by atoms with Gasteiger partial charge in [-0.25, -0.2) is 9.97 Å². The molecule has 0 bridgehead atoms. The van der Waals surface area contributed by atoms with Crippen molar-refractivity contribution in [2.75, 3.05) is 44.6 Å². The van der Waals surface area contributed by atoms with Gasteiger partial charge in [-0.2, -0.15) is 20.5 Å². The third-order valence-electron chi connectivity index (χ3n) is 8.78. The molecule has 0 spiro atoms. The molecule has 42 heavy (non-hydrogen) atoms. The number of benzene rings is 1. The van der Waals surface area contributed by atoms with Crippen molar-refractivity contribution in [3.05, 3.63) is 71.1 Å². The number of hydrogen-bond acceptors (Lipinski definition) is 9. The minimum absolute atomic E-state index is 0.0224. The van der Waals surface area contributed by atoms with Gasteiger partial charge in [0.15, 0.2) is 0 Å². The van der Waals surface area contributed by atoms with Crippen molar-refractivity contribution in [3.63, 3.8) is 0 Å². The summed E-state index contributed by atoms with van der Waals surface area (Å²) in [6, 6.07) is 8.89. The molecule has 0 atom stereocenters. The Bertz CT molecular complexity index is 1510. The fourth-order valence-corrected chi connectivity index (χ4v) is 6.31. The minimum Gasteiger partial charge on any atom is -0.351 e. The van der Waals surface area contributed by atoms with Gasteiger partial charge in [-0.05, 0) is 30.5 Å². The maximum absolute atomic E-state index is 13.3. The Kier molecular flexibility index (Phi) is 7.39. The Morgan fingerprint density at radius 3 is 2.43 bits per heavy atom. The number of nitrogens with zero attached hydrogens (tertiary/aromatic N) is 9. The fraction of sp³-hybridized carbons (Fsp3) is 0.467. The van der Waals surface area contributed by atoms with Crippen LogP contribution in [-0.2, 0) is 43.7 Å². The number of carbonyl (C=O) groups excluding carboxylic acids is 1. The third kappa shape index (κ3) is 5.64. The van der Waals surface area contributed by atoms with Gasteiger partial charge in [-0.1, -0.05) is 31.2 Å². The second-order valence-electron chi connectivity index (χ2n) is 11.5. The molecular formula is C30H37N11O. The topological polar surface area (TPSA) is 124 Å². The normalized spacial score (nSPS) is 17.8. The highest BCUT2D eigenvalue weighted by atomic mass is 16.2. The second kappa shape index (κ2) is 11.6. The number of H-pyrrole nitrogens is 1. The summed E-state index contributed by atoms with van der Waals surface area (Å²) in [6.45, 7) is 9.39. The molecule has 3 aromatic heterocycles. The van der Waals surface area contributed by atoms with E-state index in [-0.39, 0.29) is 12.5 Å². The van der Waals surface area contributed by atoms with Crippen LogP contribution < -0.4 is 5.32 Å². The first kappa shape index (κ1) is 26.7. The summed E-state index contributed by atoms with van der Waals surface area (Å²) in [4.78, 5) is 29.4. The smallest absolute Gasteiger partial charge is 0.244 e. The molecule has 4 aromatic rings. The summed E-state index contributed by atoms with van der Waals surface area (Å²) in [6.07, 6.45) is 8.38. The molecule has 2 N–H and O–H groups in total. The van der Waals surface area contributed by atoms with E-state index in [1.165, 1.54) is 11.1 Å². The van der Waals surface area contributed by atoms with Gasteiger partial charge in [0.25, 0.3) is 0 Å². The van der Waals surface area contributed by atoms with Crippen molar-refractivity contribution >= 4 is 11.9 Å². The van der Waals surface area contributed by atoms with Crippen LogP contribution in [0.3, 0.4) is 0 Å². The number of hydrogen-bond donors (Lipinski definition) is 2. The SMILES string of the molecule is CCN1CCN(Cc2nn(CC(=O)N3CCc4n[nH]nc4C3)cc2-c2cnc(NC3Cc4ccccc4C3)nc2)CC1. The maximum Gasteiger partial charge on any atom is 0.244 e. The van der Waals surface area contributed by atoms with Crippen molar-refractivity contribution in [3.8, 4) is 11.1 Å². The summed E-state index contributed by atoms with van der Waals surface area (Å²) >= 11 is 0. The lowest BCUT2D eigenvalue weighted by atomic mass is 10.1. The first-order valence-electron chi connectivity index (χ1n) is 14.9.